The minimum absolute atomic E-state index is 0.0584. The molecule has 13 nitrogen and oxygen atoms in total. The second-order valence-corrected chi connectivity index (χ2v) is 10.3. The summed E-state index contributed by atoms with van der Waals surface area (Å²) < 4.78 is 46.9. The van der Waals surface area contributed by atoms with Gasteiger partial charge in [0, 0.05) is 18.0 Å². The summed E-state index contributed by atoms with van der Waals surface area (Å²) in [5.74, 6) is 1.13. The topological polar surface area (TPSA) is 163 Å². The van der Waals surface area contributed by atoms with Crippen LogP contribution in [0, 0.1) is 6.92 Å². The third-order valence-electron chi connectivity index (χ3n) is 5.75. The third-order valence-corrected chi connectivity index (χ3v) is 7.45. The number of ether oxygens (including phenoxy) is 3. The highest BCUT2D eigenvalue weighted by Crippen LogP contribution is 2.38. The maximum absolute atomic E-state index is 13.4. The number of aromatic nitrogens is 6. The zero-order chi connectivity index (χ0) is 27.4. The number of para-hydroxylation sites is 1. The molecule has 2 atom stereocenters. The number of rotatable bonds is 10. The SMILES string of the molecule is COc1cnc([C@@H](O)[C@H](C)S(=O)(=O)Nc2nnc(-c3cncc(C)c3)n2-c2c(OC)cccc2OC)cn1. The number of nitrogens with one attached hydrogen (secondary N) is 1. The van der Waals surface area contributed by atoms with Crippen LogP contribution in [0.3, 0.4) is 0 Å². The normalized spacial score (nSPS) is 13.0. The average Bonchev–Trinajstić information content (AvgIpc) is 3.33. The van der Waals surface area contributed by atoms with Crippen molar-refractivity contribution in [1.82, 2.24) is 29.7 Å². The summed E-state index contributed by atoms with van der Waals surface area (Å²) in [4.78, 5) is 12.3. The highest BCUT2D eigenvalue weighted by Gasteiger charge is 2.33. The fraction of sp³-hybridized carbons (Fsp3) is 0.292. The quantitative estimate of drug-likeness (QED) is 0.303. The Morgan fingerprint density at radius 3 is 2.26 bits per heavy atom. The number of hydrogen-bond donors (Lipinski definition) is 2. The predicted octanol–water partition coefficient (Wildman–Crippen LogP) is 2.32. The van der Waals surface area contributed by atoms with Crippen LogP contribution in [0.4, 0.5) is 5.95 Å². The van der Waals surface area contributed by atoms with E-state index in [1.54, 1.807) is 30.6 Å². The lowest BCUT2D eigenvalue weighted by molar-refractivity contribution is 0.170. The summed E-state index contributed by atoms with van der Waals surface area (Å²) in [7, 11) is 0.141. The van der Waals surface area contributed by atoms with Crippen LogP contribution in [0.25, 0.3) is 17.1 Å². The highest BCUT2D eigenvalue weighted by molar-refractivity contribution is 7.93. The molecule has 4 rings (SSSR count). The Morgan fingerprint density at radius 1 is 0.974 bits per heavy atom. The highest BCUT2D eigenvalue weighted by atomic mass is 32.2. The number of hydrogen-bond acceptors (Lipinski definition) is 11. The smallest absolute Gasteiger partial charge is 0.243 e. The molecule has 1 aromatic carbocycles. The molecule has 0 unspecified atom stereocenters. The van der Waals surface area contributed by atoms with Gasteiger partial charge in [-0.25, -0.2) is 13.4 Å². The van der Waals surface area contributed by atoms with Crippen LogP contribution in [0.1, 0.15) is 24.3 Å². The Bertz CT molecular complexity index is 1500. The van der Waals surface area contributed by atoms with Crippen LogP contribution >= 0.6 is 0 Å². The lowest BCUT2D eigenvalue weighted by atomic mass is 10.2. The van der Waals surface area contributed by atoms with Gasteiger partial charge >= 0.3 is 0 Å². The molecular weight excluding hydrogens is 514 g/mol. The number of pyridine rings is 1. The number of aryl methyl sites for hydroxylation is 1. The third kappa shape index (κ3) is 5.21. The van der Waals surface area contributed by atoms with Gasteiger partial charge in [-0.15, -0.1) is 10.2 Å². The van der Waals surface area contributed by atoms with Crippen LogP contribution in [0.15, 0.2) is 49.1 Å². The molecule has 0 saturated carbocycles. The zero-order valence-electron chi connectivity index (χ0n) is 21.4. The predicted molar refractivity (Wildman–Crippen MR) is 138 cm³/mol. The molecule has 0 spiro atoms. The minimum atomic E-state index is -4.24. The second kappa shape index (κ2) is 11.0. The first-order chi connectivity index (χ1) is 18.2. The molecule has 3 aromatic heterocycles. The fourth-order valence-electron chi connectivity index (χ4n) is 3.69. The van der Waals surface area contributed by atoms with Gasteiger partial charge in [0.25, 0.3) is 0 Å². The molecular formula is C24H27N7O6S. The molecule has 2 N–H and O–H groups in total. The number of nitrogens with zero attached hydrogens (tertiary/aromatic N) is 6. The van der Waals surface area contributed by atoms with Gasteiger partial charge in [0.1, 0.15) is 28.5 Å². The number of sulfonamides is 1. The molecule has 0 aliphatic heterocycles. The van der Waals surface area contributed by atoms with E-state index in [2.05, 4.69) is 29.9 Å². The van der Waals surface area contributed by atoms with Crippen molar-refractivity contribution in [3.63, 3.8) is 0 Å². The molecule has 38 heavy (non-hydrogen) atoms. The monoisotopic (exact) mass is 541 g/mol. The maximum Gasteiger partial charge on any atom is 0.243 e. The van der Waals surface area contributed by atoms with Crippen LogP contribution in [-0.4, -0.2) is 69.8 Å². The van der Waals surface area contributed by atoms with E-state index in [1.165, 1.54) is 45.2 Å². The molecule has 0 aliphatic carbocycles. The Balaban J connectivity index is 1.81. The first-order valence-corrected chi connectivity index (χ1v) is 12.9. The van der Waals surface area contributed by atoms with Crippen LogP contribution in [0.5, 0.6) is 17.4 Å². The Labute approximate surface area is 219 Å². The molecule has 0 amide bonds. The maximum atomic E-state index is 13.4. The van der Waals surface area contributed by atoms with Crippen molar-refractivity contribution in [3.8, 4) is 34.5 Å². The van der Waals surface area contributed by atoms with Gasteiger partial charge in [0.05, 0.1) is 39.4 Å². The van der Waals surface area contributed by atoms with Gasteiger partial charge < -0.3 is 19.3 Å². The van der Waals surface area contributed by atoms with E-state index in [1.807, 2.05) is 13.0 Å². The summed E-state index contributed by atoms with van der Waals surface area (Å²) in [5.41, 5.74) is 1.87. The van der Waals surface area contributed by atoms with E-state index in [-0.39, 0.29) is 23.3 Å². The van der Waals surface area contributed by atoms with Crippen molar-refractivity contribution in [1.29, 1.82) is 0 Å². The van der Waals surface area contributed by atoms with Crippen molar-refractivity contribution in [2.24, 2.45) is 0 Å². The fourth-order valence-corrected chi connectivity index (χ4v) is 4.74. The lowest BCUT2D eigenvalue weighted by Gasteiger charge is -2.21. The summed E-state index contributed by atoms with van der Waals surface area (Å²) in [6.07, 6.45) is 4.31. The number of aliphatic hydroxyl groups is 1. The zero-order valence-corrected chi connectivity index (χ0v) is 22.2. The van der Waals surface area contributed by atoms with Crippen molar-refractivity contribution < 1.29 is 27.7 Å². The largest absolute Gasteiger partial charge is 0.494 e. The van der Waals surface area contributed by atoms with Crippen molar-refractivity contribution in [2.45, 2.75) is 25.2 Å². The van der Waals surface area contributed by atoms with E-state index >= 15 is 0 Å². The molecule has 0 aliphatic rings. The van der Waals surface area contributed by atoms with Gasteiger partial charge in [0.15, 0.2) is 5.82 Å². The molecule has 3 heterocycles. The molecule has 14 heteroatoms. The van der Waals surface area contributed by atoms with E-state index in [9.17, 15) is 13.5 Å². The van der Waals surface area contributed by atoms with Gasteiger partial charge in [-0.1, -0.05) is 6.07 Å². The van der Waals surface area contributed by atoms with E-state index in [0.717, 1.165) is 5.56 Å². The van der Waals surface area contributed by atoms with Gasteiger partial charge in [-0.2, -0.15) is 0 Å². The first kappa shape index (κ1) is 26.8. The van der Waals surface area contributed by atoms with Gasteiger partial charge in [-0.3, -0.25) is 19.3 Å². The molecule has 0 bridgehead atoms. The summed E-state index contributed by atoms with van der Waals surface area (Å²) in [6, 6.07) is 6.96. The van der Waals surface area contributed by atoms with Crippen molar-refractivity contribution in [3.05, 3.63) is 60.3 Å². The molecule has 0 radical (unpaired) electrons. The molecule has 200 valence electrons. The summed E-state index contributed by atoms with van der Waals surface area (Å²) >= 11 is 0. The Hall–Kier alpha value is -4.30. The van der Waals surface area contributed by atoms with E-state index < -0.39 is 21.4 Å². The summed E-state index contributed by atoms with van der Waals surface area (Å²) in [5, 5.41) is 17.8. The molecule has 0 saturated heterocycles. The molecule has 4 aromatic rings. The van der Waals surface area contributed by atoms with Gasteiger partial charge in [-0.05, 0) is 37.6 Å². The number of benzene rings is 1. The standard InChI is InChI=1S/C24H27N7O6S/c1-14-9-16(11-25-10-14)23-28-29-24(31(23)21-18(35-3)7-6-8-19(21)36-4)30-38(33,34)15(2)22(32)17-12-27-20(37-5)13-26-17/h6-13,15,22,32H,1-5H3,(H,29,30)/t15-,22-/m0/s1. The van der Waals surface area contributed by atoms with Crippen molar-refractivity contribution >= 4 is 16.0 Å². The van der Waals surface area contributed by atoms with Crippen molar-refractivity contribution in [2.75, 3.05) is 26.1 Å². The number of aliphatic hydroxyl groups excluding tert-OH is 1. The first-order valence-electron chi connectivity index (χ1n) is 11.3. The minimum Gasteiger partial charge on any atom is -0.494 e. The lowest BCUT2D eigenvalue weighted by Crippen LogP contribution is -2.32. The van der Waals surface area contributed by atoms with Gasteiger partial charge in [0.2, 0.25) is 21.9 Å². The average molecular weight is 542 g/mol. The number of anilines is 1. The van der Waals surface area contributed by atoms with E-state index in [0.29, 0.717) is 22.7 Å². The van der Waals surface area contributed by atoms with Crippen LogP contribution in [0.2, 0.25) is 0 Å². The van der Waals surface area contributed by atoms with Crippen LogP contribution < -0.4 is 18.9 Å². The molecule has 0 fully saturated rings. The number of methoxy groups -OCH3 is 3. The Kier molecular flexibility index (Phi) is 7.73. The van der Waals surface area contributed by atoms with E-state index in [4.69, 9.17) is 14.2 Å². The van der Waals surface area contributed by atoms with Crippen LogP contribution in [-0.2, 0) is 10.0 Å². The summed E-state index contributed by atoms with van der Waals surface area (Å²) in [6.45, 7) is 3.21. The second-order valence-electron chi connectivity index (χ2n) is 8.23. The Morgan fingerprint density at radius 2 is 1.68 bits per heavy atom.